The van der Waals surface area contributed by atoms with Crippen LogP contribution in [0.5, 0.6) is 5.88 Å². The van der Waals surface area contributed by atoms with E-state index in [4.69, 9.17) is 0 Å². The zero-order valence-electron chi connectivity index (χ0n) is 12.2. The van der Waals surface area contributed by atoms with Crippen LogP contribution in [0, 0.1) is 0 Å². The molecule has 0 unspecified atom stereocenters. The van der Waals surface area contributed by atoms with Gasteiger partial charge in [0.05, 0.1) is 5.56 Å². The van der Waals surface area contributed by atoms with Crippen LogP contribution in [-0.2, 0) is 23.7 Å². The van der Waals surface area contributed by atoms with E-state index in [0.717, 1.165) is 0 Å². The van der Waals surface area contributed by atoms with E-state index in [2.05, 4.69) is 0 Å². The van der Waals surface area contributed by atoms with Crippen molar-refractivity contribution in [3.05, 3.63) is 33.6 Å². The average Bonchev–Trinajstić information content (AvgIpc) is 2.76. The molecule has 0 aliphatic carbocycles. The zero-order valence-corrected chi connectivity index (χ0v) is 12.2. The Kier molecular flexibility index (Phi) is 3.46. The van der Waals surface area contributed by atoms with Crippen LogP contribution in [0.25, 0.3) is 6.08 Å². The lowest BCUT2D eigenvalue weighted by Gasteiger charge is -2.16. The van der Waals surface area contributed by atoms with E-state index in [1.807, 2.05) is 0 Å². The smallest absolute Gasteiger partial charge is 0.277 e. The molecule has 0 saturated carbocycles. The molecule has 1 aromatic heterocycles. The van der Waals surface area contributed by atoms with Crippen molar-refractivity contribution in [3.63, 3.8) is 0 Å². The summed E-state index contributed by atoms with van der Waals surface area (Å²) < 4.78 is 2.37. The molecule has 0 spiro atoms. The lowest BCUT2D eigenvalue weighted by atomic mass is 10.2. The highest BCUT2D eigenvalue weighted by Crippen LogP contribution is 2.16. The molecule has 0 aromatic carbocycles. The number of hydrogen-bond acceptors (Lipinski definition) is 4. The minimum absolute atomic E-state index is 0.0172. The van der Waals surface area contributed by atoms with Crippen LogP contribution in [0.2, 0.25) is 0 Å². The molecule has 1 saturated heterocycles. The van der Waals surface area contributed by atoms with Gasteiger partial charge in [-0.25, -0.2) is 0 Å². The Balaban J connectivity index is 2.34. The predicted molar refractivity (Wildman–Crippen MR) is 72.8 cm³/mol. The number of nitrogens with zero attached hydrogens (tertiary/aromatic N) is 4. The third kappa shape index (κ3) is 2.14. The summed E-state index contributed by atoms with van der Waals surface area (Å²) in [4.78, 5) is 35.4. The lowest BCUT2D eigenvalue weighted by Crippen LogP contribution is -2.33. The number of carbonyl (C=O) groups excluding carboxylic acids is 2. The van der Waals surface area contributed by atoms with Crippen molar-refractivity contribution < 1.29 is 14.7 Å². The second-order valence-corrected chi connectivity index (χ2v) is 4.67. The second kappa shape index (κ2) is 4.97. The van der Waals surface area contributed by atoms with E-state index in [-0.39, 0.29) is 11.1 Å². The quantitative estimate of drug-likeness (QED) is 0.494. The summed E-state index contributed by atoms with van der Waals surface area (Å²) in [6.45, 7) is 0. The van der Waals surface area contributed by atoms with Crippen LogP contribution in [0.15, 0.2) is 22.5 Å². The third-order valence-electron chi connectivity index (χ3n) is 3.52. The summed E-state index contributed by atoms with van der Waals surface area (Å²) >= 11 is 0. The standard InChI is InChI=1S/C13H16N4O4/c1-14-10(18)8(11(19)15(14)2)6-5-7-9-12(20)16(3)17(4)13(9)21/h5-7,18H,1-4H3/p-1/b6-5+. The molecule has 8 nitrogen and oxygen atoms in total. The van der Waals surface area contributed by atoms with Crippen LogP contribution in [0.3, 0.4) is 0 Å². The molecule has 21 heavy (non-hydrogen) atoms. The molecule has 0 N–H and O–H groups in total. The normalized spacial score (nSPS) is 15.7. The highest BCUT2D eigenvalue weighted by atomic mass is 16.3. The summed E-state index contributed by atoms with van der Waals surface area (Å²) in [6, 6.07) is 0. The lowest BCUT2D eigenvalue weighted by molar-refractivity contribution is -0.280. The van der Waals surface area contributed by atoms with Crippen molar-refractivity contribution >= 4 is 17.9 Å². The number of hydrogen-bond donors (Lipinski definition) is 0. The van der Waals surface area contributed by atoms with Crippen molar-refractivity contribution in [1.82, 2.24) is 19.4 Å². The van der Waals surface area contributed by atoms with Gasteiger partial charge in [-0.3, -0.25) is 33.8 Å². The number of hydrazine groups is 1. The van der Waals surface area contributed by atoms with Gasteiger partial charge in [0.1, 0.15) is 5.57 Å². The Labute approximate surface area is 120 Å². The van der Waals surface area contributed by atoms with E-state index in [0.29, 0.717) is 0 Å². The number of carbonyl (C=O) groups is 2. The first-order valence-corrected chi connectivity index (χ1v) is 6.14. The minimum atomic E-state index is -0.435. The fraction of sp³-hybridized carbons (Fsp3) is 0.308. The van der Waals surface area contributed by atoms with E-state index in [1.165, 1.54) is 65.8 Å². The Morgan fingerprint density at radius 1 is 0.905 bits per heavy atom. The third-order valence-corrected chi connectivity index (χ3v) is 3.52. The van der Waals surface area contributed by atoms with Gasteiger partial charge in [0.15, 0.2) is 0 Å². The van der Waals surface area contributed by atoms with Crippen LogP contribution in [0.4, 0.5) is 0 Å². The van der Waals surface area contributed by atoms with Crippen molar-refractivity contribution in [3.8, 4) is 5.88 Å². The number of aromatic nitrogens is 2. The summed E-state index contributed by atoms with van der Waals surface area (Å²) in [5, 5.41) is 14.2. The van der Waals surface area contributed by atoms with Gasteiger partial charge in [0, 0.05) is 28.2 Å². The molecule has 2 rings (SSSR count). The monoisotopic (exact) mass is 291 g/mol. The first-order valence-electron chi connectivity index (χ1n) is 6.14. The van der Waals surface area contributed by atoms with Crippen LogP contribution < -0.4 is 10.7 Å². The molecule has 8 heteroatoms. The molecule has 0 bridgehead atoms. The van der Waals surface area contributed by atoms with Gasteiger partial charge in [-0.15, -0.1) is 0 Å². The summed E-state index contributed by atoms with van der Waals surface area (Å²) in [6.07, 6.45) is 3.96. The Hall–Kier alpha value is -2.77. The van der Waals surface area contributed by atoms with Gasteiger partial charge in [0.25, 0.3) is 17.4 Å². The summed E-state index contributed by atoms with van der Waals surface area (Å²) in [5.41, 5.74) is -0.469. The second-order valence-electron chi connectivity index (χ2n) is 4.67. The van der Waals surface area contributed by atoms with E-state index >= 15 is 0 Å². The summed E-state index contributed by atoms with van der Waals surface area (Å²) in [7, 11) is 5.92. The predicted octanol–water partition coefficient (Wildman–Crippen LogP) is -1.42. The van der Waals surface area contributed by atoms with Crippen LogP contribution in [-0.4, -0.2) is 45.3 Å². The van der Waals surface area contributed by atoms with E-state index in [9.17, 15) is 19.5 Å². The molecular weight excluding hydrogens is 276 g/mol. The molecular formula is C13H15N4O4-. The molecule has 2 amide bonds. The fourth-order valence-electron chi connectivity index (χ4n) is 1.95. The number of amides is 2. The SMILES string of the molecule is CN1C(=O)C(=C/C=C/c2c([O-])n(C)n(C)c2=O)C(=O)N1C. The van der Waals surface area contributed by atoms with Gasteiger partial charge in [-0.05, 0) is 18.0 Å². The Morgan fingerprint density at radius 3 is 1.86 bits per heavy atom. The first kappa shape index (κ1) is 14.6. The molecule has 0 atom stereocenters. The molecule has 0 radical (unpaired) electrons. The van der Waals surface area contributed by atoms with Crippen LogP contribution in [0.1, 0.15) is 5.56 Å². The molecule has 112 valence electrons. The minimum Gasteiger partial charge on any atom is -0.858 e. The van der Waals surface area contributed by atoms with Gasteiger partial charge in [-0.1, -0.05) is 6.08 Å². The molecule has 2 heterocycles. The maximum absolute atomic E-state index is 11.8. The molecule has 1 fully saturated rings. The van der Waals surface area contributed by atoms with Crippen molar-refractivity contribution in [2.75, 3.05) is 14.1 Å². The fourth-order valence-corrected chi connectivity index (χ4v) is 1.95. The maximum atomic E-state index is 11.8. The van der Waals surface area contributed by atoms with Crippen molar-refractivity contribution in [2.45, 2.75) is 0 Å². The topological polar surface area (TPSA) is 90.6 Å². The maximum Gasteiger partial charge on any atom is 0.277 e. The van der Waals surface area contributed by atoms with Gasteiger partial charge in [-0.2, -0.15) is 0 Å². The van der Waals surface area contributed by atoms with Crippen molar-refractivity contribution in [1.29, 1.82) is 0 Å². The summed E-state index contributed by atoms with van der Waals surface area (Å²) in [5.74, 6) is -1.30. The number of likely N-dealkylation sites (N-methyl/N-ethyl adjacent to an activating group) is 2. The zero-order chi connectivity index (χ0) is 15.9. The molecule has 1 aliphatic heterocycles. The van der Waals surface area contributed by atoms with Gasteiger partial charge >= 0.3 is 0 Å². The van der Waals surface area contributed by atoms with Crippen molar-refractivity contribution in [2.24, 2.45) is 14.1 Å². The van der Waals surface area contributed by atoms with E-state index in [1.54, 1.807) is 0 Å². The highest BCUT2D eigenvalue weighted by molar-refractivity contribution is 6.22. The Morgan fingerprint density at radius 2 is 1.43 bits per heavy atom. The first-order chi connectivity index (χ1) is 9.77. The van der Waals surface area contributed by atoms with E-state index < -0.39 is 23.3 Å². The van der Waals surface area contributed by atoms with Crippen LogP contribution >= 0.6 is 0 Å². The van der Waals surface area contributed by atoms with Gasteiger partial charge < -0.3 is 5.11 Å². The number of rotatable bonds is 2. The highest BCUT2D eigenvalue weighted by Gasteiger charge is 2.35. The average molecular weight is 291 g/mol. The largest absolute Gasteiger partial charge is 0.858 e. The molecule has 1 aromatic rings. The van der Waals surface area contributed by atoms with Gasteiger partial charge in [0.2, 0.25) is 0 Å². The number of allylic oxidation sites excluding steroid dienone is 2. The molecule has 1 aliphatic rings. The Bertz CT molecular complexity index is 716.